The lowest BCUT2D eigenvalue weighted by Gasteiger charge is -2.16. The molecule has 26 heavy (non-hydrogen) atoms. The Bertz CT molecular complexity index is 711. The molecule has 2 heterocycles. The maximum Gasteiger partial charge on any atom is 0.223 e. The fraction of sp³-hybridized carbons (Fsp3) is 0.444. The highest BCUT2D eigenvalue weighted by Crippen LogP contribution is 2.24. The smallest absolute Gasteiger partial charge is 0.223 e. The topological polar surface area (TPSA) is 58.4 Å². The number of carbonyl (C=O) groups is 1. The molecule has 1 unspecified atom stereocenters. The molecule has 0 aliphatic carbocycles. The average Bonchev–Trinajstić information content (AvgIpc) is 3.23. The number of halogens is 3. The molecular formula is C18H24Cl2FN3O2. The molecule has 1 saturated heterocycles. The second-order valence-corrected chi connectivity index (χ2v) is 6.15. The van der Waals surface area contributed by atoms with Gasteiger partial charge in [0, 0.05) is 25.9 Å². The third kappa shape index (κ3) is 5.43. The van der Waals surface area contributed by atoms with Crippen LogP contribution in [0, 0.1) is 11.7 Å². The highest BCUT2D eigenvalue weighted by molar-refractivity contribution is 5.85. The van der Waals surface area contributed by atoms with Crippen LogP contribution in [0.4, 0.5) is 4.39 Å². The van der Waals surface area contributed by atoms with Crippen LogP contribution in [-0.2, 0) is 11.2 Å². The second kappa shape index (κ2) is 10.5. The molecule has 1 N–H and O–H groups in total. The number of rotatable bonds is 6. The minimum absolute atomic E-state index is 0. The van der Waals surface area contributed by atoms with Crippen molar-refractivity contribution in [2.24, 2.45) is 5.92 Å². The van der Waals surface area contributed by atoms with E-state index in [1.165, 1.54) is 12.3 Å². The number of nitrogens with zero attached hydrogens (tertiary/aromatic N) is 2. The Hall–Kier alpha value is -1.63. The van der Waals surface area contributed by atoms with Crippen LogP contribution in [-0.4, -0.2) is 42.5 Å². The summed E-state index contributed by atoms with van der Waals surface area (Å²) in [6.45, 7) is 2.57. The van der Waals surface area contributed by atoms with E-state index in [1.54, 1.807) is 18.2 Å². The molecule has 1 aliphatic rings. The number of carbonyl (C=O) groups excluding carboxylic acids is 1. The highest BCUT2D eigenvalue weighted by atomic mass is 35.5. The Balaban J connectivity index is 0.00000169. The molecule has 1 aromatic carbocycles. The number of aromatic nitrogens is 1. The predicted octanol–water partition coefficient (Wildman–Crippen LogP) is 3.32. The molecule has 1 amide bonds. The number of aryl methyl sites for hydroxylation is 1. The Morgan fingerprint density at radius 3 is 2.88 bits per heavy atom. The van der Waals surface area contributed by atoms with Crippen LogP contribution in [0.5, 0.6) is 0 Å². The molecule has 3 rings (SSSR count). The van der Waals surface area contributed by atoms with E-state index in [-0.39, 0.29) is 36.5 Å². The quantitative estimate of drug-likeness (QED) is 0.803. The van der Waals surface area contributed by atoms with E-state index in [2.05, 4.69) is 10.3 Å². The Labute approximate surface area is 165 Å². The fourth-order valence-corrected chi connectivity index (χ4v) is 3.10. The molecule has 0 saturated carbocycles. The van der Waals surface area contributed by atoms with Crippen molar-refractivity contribution in [3.63, 3.8) is 0 Å². The van der Waals surface area contributed by atoms with Gasteiger partial charge in [-0.3, -0.25) is 4.79 Å². The minimum Gasteiger partial charge on any atom is -0.441 e. The zero-order valence-electron chi connectivity index (χ0n) is 14.6. The summed E-state index contributed by atoms with van der Waals surface area (Å²) >= 11 is 0. The number of benzene rings is 1. The number of nitrogens with one attached hydrogen (secondary N) is 1. The van der Waals surface area contributed by atoms with Crippen LogP contribution in [0.15, 0.2) is 34.9 Å². The molecule has 1 fully saturated rings. The van der Waals surface area contributed by atoms with Crippen molar-refractivity contribution in [3.8, 4) is 11.3 Å². The van der Waals surface area contributed by atoms with Crippen molar-refractivity contribution in [2.45, 2.75) is 19.3 Å². The van der Waals surface area contributed by atoms with E-state index < -0.39 is 0 Å². The van der Waals surface area contributed by atoms with E-state index in [0.29, 0.717) is 36.0 Å². The summed E-state index contributed by atoms with van der Waals surface area (Å²) in [4.78, 5) is 18.3. The van der Waals surface area contributed by atoms with Gasteiger partial charge in [-0.1, -0.05) is 12.1 Å². The number of hydrogen-bond donors (Lipinski definition) is 1. The SMILES string of the molecule is CNCC1CCN(C(=O)CCc2ncc(-c3ccccc3F)o2)C1.Cl.Cl. The number of likely N-dealkylation sites (tertiary alicyclic amines) is 1. The Kier molecular flexibility index (Phi) is 9.05. The lowest BCUT2D eigenvalue weighted by atomic mass is 10.1. The zero-order valence-corrected chi connectivity index (χ0v) is 16.2. The first-order valence-electron chi connectivity index (χ1n) is 8.29. The summed E-state index contributed by atoms with van der Waals surface area (Å²) in [5.74, 6) is 1.18. The average molecular weight is 404 g/mol. The van der Waals surface area contributed by atoms with E-state index >= 15 is 0 Å². The van der Waals surface area contributed by atoms with Gasteiger partial charge < -0.3 is 14.6 Å². The first kappa shape index (κ1) is 22.4. The molecule has 1 atom stereocenters. The van der Waals surface area contributed by atoms with Crippen molar-refractivity contribution in [2.75, 3.05) is 26.7 Å². The summed E-state index contributed by atoms with van der Waals surface area (Å²) in [6.07, 6.45) is 3.35. The van der Waals surface area contributed by atoms with E-state index in [4.69, 9.17) is 4.42 Å². The summed E-state index contributed by atoms with van der Waals surface area (Å²) in [6, 6.07) is 6.41. The third-order valence-electron chi connectivity index (χ3n) is 4.38. The normalized spacial score (nSPS) is 16.1. The molecule has 2 aromatic rings. The summed E-state index contributed by atoms with van der Waals surface area (Å²) in [5.41, 5.74) is 0.386. The second-order valence-electron chi connectivity index (χ2n) is 6.15. The minimum atomic E-state index is -0.344. The first-order chi connectivity index (χ1) is 11.7. The van der Waals surface area contributed by atoms with Crippen LogP contribution >= 0.6 is 24.8 Å². The van der Waals surface area contributed by atoms with Gasteiger partial charge in [-0.05, 0) is 38.1 Å². The lowest BCUT2D eigenvalue weighted by Crippen LogP contribution is -2.30. The van der Waals surface area contributed by atoms with Gasteiger partial charge in [0.05, 0.1) is 11.8 Å². The van der Waals surface area contributed by atoms with Crippen molar-refractivity contribution < 1.29 is 13.6 Å². The molecule has 1 aromatic heterocycles. The number of oxazole rings is 1. The van der Waals surface area contributed by atoms with Crippen LogP contribution in [0.1, 0.15) is 18.7 Å². The van der Waals surface area contributed by atoms with Crippen LogP contribution < -0.4 is 5.32 Å². The van der Waals surface area contributed by atoms with Gasteiger partial charge in [0.15, 0.2) is 11.7 Å². The monoisotopic (exact) mass is 403 g/mol. The standard InChI is InChI=1S/C18H22FN3O2.2ClH/c1-20-10-13-8-9-22(12-13)18(23)7-6-17-21-11-16(24-17)14-4-2-3-5-15(14)19;;/h2-5,11,13,20H,6-10,12H2,1H3;2*1H. The van der Waals surface area contributed by atoms with Crippen LogP contribution in [0.3, 0.4) is 0 Å². The van der Waals surface area contributed by atoms with E-state index in [0.717, 1.165) is 26.1 Å². The maximum absolute atomic E-state index is 13.7. The van der Waals surface area contributed by atoms with E-state index in [1.807, 2.05) is 11.9 Å². The Morgan fingerprint density at radius 2 is 2.15 bits per heavy atom. The van der Waals surface area contributed by atoms with Crippen molar-refractivity contribution in [1.82, 2.24) is 15.2 Å². The van der Waals surface area contributed by atoms with Gasteiger partial charge in [-0.2, -0.15) is 0 Å². The first-order valence-corrected chi connectivity index (χ1v) is 8.29. The molecule has 5 nitrogen and oxygen atoms in total. The molecule has 8 heteroatoms. The van der Waals surface area contributed by atoms with Crippen molar-refractivity contribution in [1.29, 1.82) is 0 Å². The van der Waals surface area contributed by atoms with Gasteiger partial charge in [0.2, 0.25) is 5.91 Å². The van der Waals surface area contributed by atoms with Gasteiger partial charge in [0.1, 0.15) is 5.82 Å². The fourth-order valence-electron chi connectivity index (χ4n) is 3.10. The van der Waals surface area contributed by atoms with Crippen molar-refractivity contribution in [3.05, 3.63) is 42.2 Å². The largest absolute Gasteiger partial charge is 0.441 e. The van der Waals surface area contributed by atoms with Gasteiger partial charge in [-0.15, -0.1) is 24.8 Å². The molecule has 0 radical (unpaired) electrons. The van der Waals surface area contributed by atoms with E-state index in [9.17, 15) is 9.18 Å². The summed E-state index contributed by atoms with van der Waals surface area (Å²) < 4.78 is 19.3. The number of hydrogen-bond acceptors (Lipinski definition) is 4. The lowest BCUT2D eigenvalue weighted by molar-refractivity contribution is -0.130. The maximum atomic E-state index is 13.7. The van der Waals surface area contributed by atoms with Crippen LogP contribution in [0.25, 0.3) is 11.3 Å². The third-order valence-corrected chi connectivity index (χ3v) is 4.38. The molecule has 144 valence electrons. The highest BCUT2D eigenvalue weighted by Gasteiger charge is 2.25. The summed E-state index contributed by atoms with van der Waals surface area (Å²) in [5, 5.41) is 3.16. The predicted molar refractivity (Wildman–Crippen MR) is 103 cm³/mol. The molecular weight excluding hydrogens is 380 g/mol. The Morgan fingerprint density at radius 1 is 1.38 bits per heavy atom. The zero-order chi connectivity index (χ0) is 16.9. The van der Waals surface area contributed by atoms with Gasteiger partial charge >= 0.3 is 0 Å². The summed E-state index contributed by atoms with van der Waals surface area (Å²) in [7, 11) is 1.93. The number of amides is 1. The van der Waals surface area contributed by atoms with Crippen LogP contribution in [0.2, 0.25) is 0 Å². The van der Waals surface area contributed by atoms with Gasteiger partial charge in [0.25, 0.3) is 0 Å². The van der Waals surface area contributed by atoms with Crippen molar-refractivity contribution >= 4 is 30.7 Å². The molecule has 0 bridgehead atoms. The molecule has 0 spiro atoms. The molecule has 1 aliphatic heterocycles. The van der Waals surface area contributed by atoms with Gasteiger partial charge in [-0.25, -0.2) is 9.37 Å².